The first kappa shape index (κ1) is 24.7. The van der Waals surface area contributed by atoms with Crippen LogP contribution >= 0.6 is 0 Å². The average molecular weight is 391 g/mol. The Morgan fingerprint density at radius 2 is 1.86 bits per heavy atom. The van der Waals surface area contributed by atoms with E-state index in [2.05, 4.69) is 12.2 Å². The number of ketones is 1. The van der Waals surface area contributed by atoms with Gasteiger partial charge in [0.15, 0.2) is 5.78 Å². The van der Waals surface area contributed by atoms with Gasteiger partial charge in [0.2, 0.25) is 0 Å². The van der Waals surface area contributed by atoms with Crippen molar-refractivity contribution in [3.63, 3.8) is 0 Å². The molecule has 0 atom stereocenters. The Hall–Kier alpha value is -1.37. The van der Waals surface area contributed by atoms with Gasteiger partial charge in [-0.1, -0.05) is 38.2 Å². The lowest BCUT2D eigenvalue weighted by Crippen LogP contribution is -2.49. The van der Waals surface area contributed by atoms with Gasteiger partial charge in [-0.05, 0) is 52.2 Å². The quantitative estimate of drug-likeness (QED) is 0.274. The van der Waals surface area contributed by atoms with Crippen molar-refractivity contribution >= 4 is 24.4 Å². The van der Waals surface area contributed by atoms with Crippen LogP contribution in [0.2, 0.25) is 0 Å². The number of rotatable bonds is 13. The highest BCUT2D eigenvalue weighted by atomic mass is 16.5. The van der Waals surface area contributed by atoms with E-state index in [0.29, 0.717) is 20.4 Å². The molecule has 1 aromatic carbocycles. The molecule has 0 radical (unpaired) electrons. The second-order valence-electron chi connectivity index (χ2n) is 8.42. The monoisotopic (exact) mass is 391 g/mol. The summed E-state index contributed by atoms with van der Waals surface area (Å²) < 4.78 is 6.01. The van der Waals surface area contributed by atoms with Crippen molar-refractivity contribution in [1.29, 1.82) is 0 Å². The maximum absolute atomic E-state index is 12.9. The molecule has 0 bridgehead atoms. The Morgan fingerprint density at radius 3 is 2.39 bits per heavy atom. The third kappa shape index (κ3) is 6.91. The molecular formula is C22H38BNO4. The van der Waals surface area contributed by atoms with E-state index in [-0.39, 0.29) is 12.4 Å². The van der Waals surface area contributed by atoms with Crippen molar-refractivity contribution in [2.45, 2.75) is 84.8 Å². The molecule has 0 aliphatic carbocycles. The van der Waals surface area contributed by atoms with Crippen LogP contribution in [0.15, 0.2) is 12.1 Å². The third-order valence-electron chi connectivity index (χ3n) is 5.45. The van der Waals surface area contributed by atoms with E-state index >= 15 is 0 Å². The number of nitrogens with one attached hydrogen (secondary N) is 1. The fourth-order valence-corrected chi connectivity index (χ4v) is 2.89. The molecule has 0 aliphatic heterocycles. The molecule has 0 saturated heterocycles. The van der Waals surface area contributed by atoms with E-state index < -0.39 is 11.2 Å². The number of aliphatic hydroxyl groups excluding tert-OH is 1. The molecule has 0 spiro atoms. The van der Waals surface area contributed by atoms with E-state index in [4.69, 9.17) is 4.65 Å². The number of hydrogen-bond donors (Lipinski definition) is 3. The van der Waals surface area contributed by atoms with Gasteiger partial charge in [0.1, 0.15) is 0 Å². The zero-order valence-electron chi connectivity index (χ0n) is 18.5. The molecule has 0 aromatic heterocycles. The van der Waals surface area contributed by atoms with Crippen LogP contribution in [0.5, 0.6) is 0 Å². The van der Waals surface area contributed by atoms with Crippen molar-refractivity contribution in [1.82, 2.24) is 0 Å². The van der Waals surface area contributed by atoms with Gasteiger partial charge in [-0.2, -0.15) is 0 Å². The van der Waals surface area contributed by atoms with Crippen LogP contribution in [0.3, 0.4) is 0 Å². The first-order valence-electron chi connectivity index (χ1n) is 10.5. The first-order chi connectivity index (χ1) is 13.1. The molecule has 0 aliphatic rings. The number of hydrogen-bond acceptors (Lipinski definition) is 5. The van der Waals surface area contributed by atoms with Crippen LogP contribution in [-0.2, 0) is 11.1 Å². The molecule has 5 nitrogen and oxygen atoms in total. The molecule has 0 amide bonds. The fourth-order valence-electron chi connectivity index (χ4n) is 2.89. The SMILES string of the molecule is CCCCCC(=O)c1c(CC)cc(BOC(C)(C)C(C)(C)O)cc1NCCO. The highest BCUT2D eigenvalue weighted by Crippen LogP contribution is 2.26. The number of anilines is 1. The van der Waals surface area contributed by atoms with Gasteiger partial charge < -0.3 is 20.2 Å². The third-order valence-corrected chi connectivity index (χ3v) is 5.45. The molecule has 1 aromatic rings. The number of Topliss-reactive ketones (excluding diaryl/α,β-unsaturated/α-hetero) is 1. The Labute approximate surface area is 171 Å². The molecule has 0 heterocycles. The minimum atomic E-state index is -0.978. The minimum Gasteiger partial charge on any atom is -0.427 e. The number of aliphatic hydroxyl groups is 2. The van der Waals surface area contributed by atoms with E-state index in [0.717, 1.165) is 48.0 Å². The summed E-state index contributed by atoms with van der Waals surface area (Å²) in [5.74, 6) is 0.148. The Kier molecular flexibility index (Phi) is 9.68. The topological polar surface area (TPSA) is 78.8 Å². The molecule has 6 heteroatoms. The van der Waals surface area contributed by atoms with Gasteiger partial charge in [-0.3, -0.25) is 4.79 Å². The zero-order chi connectivity index (χ0) is 21.4. The smallest absolute Gasteiger partial charge is 0.309 e. The molecule has 3 N–H and O–H groups in total. The summed E-state index contributed by atoms with van der Waals surface area (Å²) in [6, 6.07) is 3.96. The first-order valence-corrected chi connectivity index (χ1v) is 10.5. The minimum absolute atomic E-state index is 0.00260. The fraction of sp³-hybridized carbons (Fsp3) is 0.682. The van der Waals surface area contributed by atoms with Crippen LogP contribution in [0.25, 0.3) is 0 Å². The van der Waals surface area contributed by atoms with Crippen LogP contribution in [-0.4, -0.2) is 47.8 Å². The van der Waals surface area contributed by atoms with Gasteiger partial charge in [-0.25, -0.2) is 0 Å². The Morgan fingerprint density at radius 1 is 1.18 bits per heavy atom. The van der Waals surface area contributed by atoms with Crippen molar-refractivity contribution < 1.29 is 19.7 Å². The molecule has 0 unspecified atom stereocenters. The molecule has 0 fully saturated rings. The highest BCUT2D eigenvalue weighted by molar-refractivity contribution is 6.47. The van der Waals surface area contributed by atoms with E-state index in [9.17, 15) is 15.0 Å². The van der Waals surface area contributed by atoms with Crippen LogP contribution in [0, 0.1) is 0 Å². The number of unbranched alkanes of at least 4 members (excludes halogenated alkanes) is 2. The summed E-state index contributed by atoms with van der Waals surface area (Å²) in [4.78, 5) is 12.9. The summed E-state index contributed by atoms with van der Waals surface area (Å²) in [7, 11) is 0.335. The molecule has 1 rings (SSSR count). The molecular weight excluding hydrogens is 353 g/mol. The summed E-state index contributed by atoms with van der Waals surface area (Å²) in [5, 5.41) is 22.7. The number of carbonyl (C=O) groups excluding carboxylic acids is 1. The lowest BCUT2D eigenvalue weighted by molar-refractivity contribution is -0.0893. The molecule has 158 valence electrons. The van der Waals surface area contributed by atoms with Crippen molar-refractivity contribution in [3.8, 4) is 0 Å². The van der Waals surface area contributed by atoms with Crippen LogP contribution in [0.4, 0.5) is 5.69 Å². The van der Waals surface area contributed by atoms with Gasteiger partial charge in [0.25, 0.3) is 0 Å². The Balaban J connectivity index is 3.16. The van der Waals surface area contributed by atoms with E-state index in [1.165, 1.54) is 0 Å². The standard InChI is InChI=1S/C22H38BNO4/c1-7-9-10-11-19(26)20-16(8-2)14-17(15-18(20)24-12-13-25)23-28-22(5,6)21(3,4)27/h14-15,23-25,27H,7-13H2,1-6H3. The maximum Gasteiger partial charge on any atom is 0.309 e. The molecule has 28 heavy (non-hydrogen) atoms. The number of aryl methyl sites for hydroxylation is 1. The van der Waals surface area contributed by atoms with Crippen molar-refractivity contribution in [2.75, 3.05) is 18.5 Å². The zero-order valence-corrected chi connectivity index (χ0v) is 18.5. The van der Waals surface area contributed by atoms with E-state index in [1.54, 1.807) is 13.8 Å². The van der Waals surface area contributed by atoms with Crippen molar-refractivity contribution in [2.24, 2.45) is 0 Å². The van der Waals surface area contributed by atoms with Gasteiger partial charge in [0, 0.05) is 24.2 Å². The van der Waals surface area contributed by atoms with Gasteiger partial charge in [-0.15, -0.1) is 0 Å². The van der Waals surface area contributed by atoms with Gasteiger partial charge in [0.05, 0.1) is 17.8 Å². The summed E-state index contributed by atoms with van der Waals surface area (Å²) >= 11 is 0. The summed E-state index contributed by atoms with van der Waals surface area (Å²) in [6.45, 7) is 11.7. The Bertz CT molecular complexity index is 638. The number of carbonyl (C=O) groups is 1. The van der Waals surface area contributed by atoms with Crippen LogP contribution < -0.4 is 10.8 Å². The average Bonchev–Trinajstić information content (AvgIpc) is 2.63. The maximum atomic E-state index is 12.9. The lowest BCUT2D eigenvalue weighted by Gasteiger charge is -2.37. The predicted molar refractivity (Wildman–Crippen MR) is 118 cm³/mol. The normalized spacial score (nSPS) is 12.1. The summed E-state index contributed by atoms with van der Waals surface area (Å²) in [6.07, 6.45) is 4.30. The summed E-state index contributed by atoms with van der Waals surface area (Å²) in [5.41, 5.74) is 1.73. The second kappa shape index (κ2) is 11.0. The largest absolute Gasteiger partial charge is 0.427 e. The predicted octanol–water partition coefficient (Wildman–Crippen LogP) is 2.96. The number of benzene rings is 1. The molecule has 0 saturated carbocycles. The lowest BCUT2D eigenvalue weighted by atomic mass is 9.80. The van der Waals surface area contributed by atoms with Gasteiger partial charge >= 0.3 is 7.48 Å². The second-order valence-corrected chi connectivity index (χ2v) is 8.42. The highest BCUT2D eigenvalue weighted by Gasteiger charge is 2.35. The van der Waals surface area contributed by atoms with Crippen molar-refractivity contribution in [3.05, 3.63) is 23.3 Å². The van der Waals surface area contributed by atoms with Crippen LogP contribution in [0.1, 0.15) is 83.1 Å². The van der Waals surface area contributed by atoms with E-state index in [1.807, 2.05) is 32.9 Å².